The third-order valence-corrected chi connectivity index (χ3v) is 2.30. The summed E-state index contributed by atoms with van der Waals surface area (Å²) >= 11 is 0. The normalized spacial score (nSPS) is 25.7. The van der Waals surface area contributed by atoms with Gasteiger partial charge in [0.25, 0.3) is 0 Å². The Hall–Kier alpha value is -1.77. The zero-order chi connectivity index (χ0) is 8.84. The maximum absolute atomic E-state index is 8.83. The molecule has 1 aromatic rings. The number of rotatable bonds is 0. The Bertz CT molecular complexity index is 434. The van der Waals surface area contributed by atoms with Crippen molar-refractivity contribution in [3.63, 3.8) is 0 Å². The molecule has 1 unspecified atom stereocenters. The molecule has 3 heteroatoms. The maximum atomic E-state index is 8.83. The average Bonchev–Trinajstić information content (AvgIpc) is 2.92. The Labute approximate surface area is 74.9 Å². The summed E-state index contributed by atoms with van der Waals surface area (Å²) in [6.07, 6.45) is 1.98. The molecule has 0 radical (unpaired) electrons. The van der Waals surface area contributed by atoms with Crippen LogP contribution in [-0.2, 0) is 0 Å². The highest BCUT2D eigenvalue weighted by atomic mass is 16.5. The lowest BCUT2D eigenvalue weighted by molar-refractivity contribution is 0.304. The molecule has 1 aliphatic carbocycles. The van der Waals surface area contributed by atoms with Crippen molar-refractivity contribution in [2.45, 2.75) is 6.10 Å². The van der Waals surface area contributed by atoms with Gasteiger partial charge in [-0.25, -0.2) is 0 Å². The molecule has 0 bridgehead atoms. The van der Waals surface area contributed by atoms with E-state index in [9.17, 15) is 0 Å². The van der Waals surface area contributed by atoms with E-state index in [0.29, 0.717) is 5.71 Å². The Morgan fingerprint density at radius 3 is 3.00 bits per heavy atom. The van der Waals surface area contributed by atoms with Crippen LogP contribution in [0.3, 0.4) is 0 Å². The zero-order valence-electron chi connectivity index (χ0n) is 6.77. The molecular formula is C10H7NO2. The topological polar surface area (TPSA) is 41.8 Å². The molecule has 0 saturated carbocycles. The lowest BCUT2D eigenvalue weighted by Gasteiger charge is -2.16. The molecular weight excluding hydrogens is 166 g/mol. The third kappa shape index (κ3) is 0.811. The second-order valence-corrected chi connectivity index (χ2v) is 3.11. The third-order valence-electron chi connectivity index (χ3n) is 2.30. The van der Waals surface area contributed by atoms with E-state index in [1.165, 1.54) is 0 Å². The van der Waals surface area contributed by atoms with E-state index in [4.69, 9.17) is 9.94 Å². The van der Waals surface area contributed by atoms with Gasteiger partial charge in [-0.15, -0.1) is 0 Å². The van der Waals surface area contributed by atoms with E-state index in [0.717, 1.165) is 16.9 Å². The fourth-order valence-electron chi connectivity index (χ4n) is 1.60. The van der Waals surface area contributed by atoms with Gasteiger partial charge >= 0.3 is 0 Å². The molecule has 1 aromatic carbocycles. The van der Waals surface area contributed by atoms with Gasteiger partial charge in [-0.05, 0) is 18.2 Å². The summed E-state index contributed by atoms with van der Waals surface area (Å²) in [7, 11) is 0. The van der Waals surface area contributed by atoms with Crippen molar-refractivity contribution in [3.8, 4) is 5.75 Å². The minimum absolute atomic E-state index is 0.0424. The molecule has 13 heavy (non-hydrogen) atoms. The fraction of sp³-hybridized carbons (Fsp3) is 0.100. The lowest BCUT2D eigenvalue weighted by Crippen LogP contribution is -2.16. The largest absolute Gasteiger partial charge is 0.481 e. The second kappa shape index (κ2) is 2.13. The highest BCUT2D eigenvalue weighted by Crippen LogP contribution is 2.38. The molecule has 1 N–H and O–H groups in total. The molecule has 2 aliphatic rings. The summed E-state index contributed by atoms with van der Waals surface area (Å²) in [5.74, 6) is 0.790. The van der Waals surface area contributed by atoms with Gasteiger partial charge in [0.1, 0.15) is 17.6 Å². The van der Waals surface area contributed by atoms with E-state index >= 15 is 0 Å². The highest BCUT2D eigenvalue weighted by molar-refractivity contribution is 6.18. The highest BCUT2D eigenvalue weighted by Gasteiger charge is 2.38. The monoisotopic (exact) mass is 173 g/mol. The van der Waals surface area contributed by atoms with Crippen LogP contribution in [0.25, 0.3) is 0 Å². The number of nitrogens with zero attached hydrogens (tertiary/aromatic N) is 1. The average molecular weight is 173 g/mol. The first-order valence-corrected chi connectivity index (χ1v) is 4.10. The first-order valence-electron chi connectivity index (χ1n) is 4.10. The van der Waals surface area contributed by atoms with Crippen molar-refractivity contribution < 1.29 is 9.94 Å². The summed E-state index contributed by atoms with van der Waals surface area (Å²) in [5.41, 5.74) is 2.50. The van der Waals surface area contributed by atoms with E-state index < -0.39 is 0 Å². The molecule has 1 heterocycles. The summed E-state index contributed by atoms with van der Waals surface area (Å²) in [6.45, 7) is 0. The molecule has 0 spiro atoms. The lowest BCUT2D eigenvalue weighted by atomic mass is 10.0. The molecule has 3 nitrogen and oxygen atoms in total. The first-order chi connectivity index (χ1) is 6.40. The summed E-state index contributed by atoms with van der Waals surface area (Å²) in [5, 5.41) is 12.1. The van der Waals surface area contributed by atoms with Crippen molar-refractivity contribution in [3.05, 3.63) is 41.5 Å². The van der Waals surface area contributed by atoms with Crippen LogP contribution in [0.2, 0.25) is 0 Å². The SMILES string of the molecule is ON=C1C2=CC2Oc2ccccc21. The predicted octanol–water partition coefficient (Wildman–Crippen LogP) is 1.57. The smallest absolute Gasteiger partial charge is 0.145 e. The van der Waals surface area contributed by atoms with Crippen molar-refractivity contribution in [1.29, 1.82) is 0 Å². The predicted molar refractivity (Wildman–Crippen MR) is 47.3 cm³/mol. The van der Waals surface area contributed by atoms with Crippen LogP contribution >= 0.6 is 0 Å². The molecule has 0 saturated heterocycles. The first kappa shape index (κ1) is 6.71. The number of hydrogen-bond donors (Lipinski definition) is 1. The summed E-state index contributed by atoms with van der Waals surface area (Å²) < 4.78 is 5.55. The van der Waals surface area contributed by atoms with E-state index in [1.54, 1.807) is 0 Å². The van der Waals surface area contributed by atoms with Gasteiger partial charge in [-0.3, -0.25) is 0 Å². The number of benzene rings is 1. The minimum atomic E-state index is 0.0424. The van der Waals surface area contributed by atoms with Gasteiger partial charge in [0.05, 0.1) is 0 Å². The van der Waals surface area contributed by atoms with Crippen molar-refractivity contribution in [1.82, 2.24) is 0 Å². The second-order valence-electron chi connectivity index (χ2n) is 3.11. The fourth-order valence-corrected chi connectivity index (χ4v) is 1.60. The van der Waals surface area contributed by atoms with Crippen LogP contribution in [0.5, 0.6) is 5.75 Å². The summed E-state index contributed by atoms with van der Waals surface area (Å²) in [4.78, 5) is 0. The molecule has 0 amide bonds. The van der Waals surface area contributed by atoms with E-state index in [1.807, 2.05) is 30.3 Å². The number of oxime groups is 1. The summed E-state index contributed by atoms with van der Waals surface area (Å²) in [6, 6.07) is 7.57. The maximum Gasteiger partial charge on any atom is 0.145 e. The molecule has 64 valence electrons. The minimum Gasteiger partial charge on any atom is -0.481 e. The molecule has 3 rings (SSSR count). The van der Waals surface area contributed by atoms with Gasteiger partial charge in [0.2, 0.25) is 0 Å². The molecule has 1 aliphatic heterocycles. The molecule has 0 aromatic heterocycles. The van der Waals surface area contributed by atoms with Gasteiger partial charge in [-0.1, -0.05) is 17.3 Å². The van der Waals surface area contributed by atoms with Crippen LogP contribution in [-0.4, -0.2) is 17.0 Å². The number of ether oxygens (including phenoxy) is 1. The molecule has 1 atom stereocenters. The van der Waals surface area contributed by atoms with Crippen LogP contribution in [0.15, 0.2) is 41.1 Å². The van der Waals surface area contributed by atoms with E-state index in [2.05, 4.69) is 5.16 Å². The van der Waals surface area contributed by atoms with Crippen LogP contribution in [0.4, 0.5) is 0 Å². The number of fused-ring (bicyclic) bond motifs is 2. The zero-order valence-corrected chi connectivity index (χ0v) is 6.77. The van der Waals surface area contributed by atoms with Crippen molar-refractivity contribution in [2.24, 2.45) is 5.16 Å². The van der Waals surface area contributed by atoms with Gasteiger partial charge in [0.15, 0.2) is 0 Å². The van der Waals surface area contributed by atoms with Crippen molar-refractivity contribution >= 4 is 5.71 Å². The number of hydrogen-bond acceptors (Lipinski definition) is 3. The Morgan fingerprint density at radius 2 is 2.15 bits per heavy atom. The van der Waals surface area contributed by atoms with Gasteiger partial charge in [0, 0.05) is 11.1 Å². The Balaban J connectivity index is 2.21. The Morgan fingerprint density at radius 1 is 1.31 bits per heavy atom. The quantitative estimate of drug-likeness (QED) is 0.478. The van der Waals surface area contributed by atoms with E-state index in [-0.39, 0.29) is 6.10 Å². The standard InChI is InChI=1S/C10H7NO2/c12-11-10-6-3-1-2-4-8(6)13-9-5-7(9)10/h1-5,9,12H. The number of para-hydroxylation sites is 1. The molecule has 0 fully saturated rings. The van der Waals surface area contributed by atoms with Crippen LogP contribution in [0.1, 0.15) is 5.56 Å². The van der Waals surface area contributed by atoms with Crippen LogP contribution < -0.4 is 4.74 Å². The Kier molecular flexibility index (Phi) is 1.10. The van der Waals surface area contributed by atoms with Gasteiger partial charge in [-0.2, -0.15) is 0 Å². The van der Waals surface area contributed by atoms with Crippen LogP contribution in [0, 0.1) is 0 Å². The van der Waals surface area contributed by atoms with Crippen molar-refractivity contribution in [2.75, 3.05) is 0 Å². The van der Waals surface area contributed by atoms with Gasteiger partial charge < -0.3 is 9.94 Å².